The third-order valence-corrected chi connectivity index (χ3v) is 5.22. The van der Waals surface area contributed by atoms with Crippen molar-refractivity contribution in [3.63, 3.8) is 0 Å². The zero-order valence-corrected chi connectivity index (χ0v) is 13.2. The maximum Gasteiger partial charge on any atom is 0.244 e. The van der Waals surface area contributed by atoms with Crippen molar-refractivity contribution >= 4 is 10.0 Å². The van der Waals surface area contributed by atoms with Crippen LogP contribution in [0.25, 0.3) is 0 Å². The zero-order chi connectivity index (χ0) is 15.5. The summed E-state index contributed by atoms with van der Waals surface area (Å²) in [5, 5.41) is 0. The van der Waals surface area contributed by atoms with Gasteiger partial charge >= 0.3 is 0 Å². The van der Waals surface area contributed by atoms with Crippen LogP contribution in [0.15, 0.2) is 23.1 Å². The molecule has 118 valence electrons. The predicted octanol–water partition coefficient (Wildman–Crippen LogP) is 1.000. The summed E-state index contributed by atoms with van der Waals surface area (Å²) in [5.41, 5.74) is 6.38. The molecule has 1 heterocycles. The van der Waals surface area contributed by atoms with Crippen LogP contribution in [0.3, 0.4) is 0 Å². The van der Waals surface area contributed by atoms with E-state index in [0.717, 1.165) is 18.4 Å². The summed E-state index contributed by atoms with van der Waals surface area (Å²) >= 11 is 0. The second-order valence-electron chi connectivity index (χ2n) is 5.15. The predicted molar refractivity (Wildman–Crippen MR) is 79.6 cm³/mol. The van der Waals surface area contributed by atoms with Crippen molar-refractivity contribution in [2.75, 3.05) is 13.7 Å². The van der Waals surface area contributed by atoms with Gasteiger partial charge in [0.1, 0.15) is 10.6 Å². The number of methoxy groups -OCH3 is 1. The van der Waals surface area contributed by atoms with E-state index in [9.17, 15) is 8.42 Å². The van der Waals surface area contributed by atoms with Crippen LogP contribution in [0, 0.1) is 0 Å². The van der Waals surface area contributed by atoms with Gasteiger partial charge in [-0.1, -0.05) is 6.07 Å². The van der Waals surface area contributed by atoms with Crippen molar-refractivity contribution < 1.29 is 17.9 Å². The smallest absolute Gasteiger partial charge is 0.244 e. The highest BCUT2D eigenvalue weighted by Crippen LogP contribution is 2.26. The van der Waals surface area contributed by atoms with Crippen molar-refractivity contribution in [2.24, 2.45) is 5.73 Å². The minimum atomic E-state index is -3.66. The van der Waals surface area contributed by atoms with Gasteiger partial charge in [0.05, 0.1) is 13.2 Å². The van der Waals surface area contributed by atoms with Gasteiger partial charge in [0, 0.05) is 19.2 Å². The lowest BCUT2D eigenvalue weighted by Crippen LogP contribution is -2.40. The van der Waals surface area contributed by atoms with Crippen LogP contribution in [-0.4, -0.2) is 34.3 Å². The van der Waals surface area contributed by atoms with E-state index < -0.39 is 10.0 Å². The number of benzene rings is 1. The van der Waals surface area contributed by atoms with Crippen molar-refractivity contribution in [3.05, 3.63) is 23.8 Å². The van der Waals surface area contributed by atoms with Crippen LogP contribution >= 0.6 is 0 Å². The summed E-state index contributed by atoms with van der Waals surface area (Å²) < 4.78 is 38.4. The third kappa shape index (κ3) is 3.74. The molecule has 6 nitrogen and oxygen atoms in total. The maximum absolute atomic E-state index is 12.5. The van der Waals surface area contributed by atoms with Gasteiger partial charge in [-0.15, -0.1) is 0 Å². The molecule has 1 aliphatic rings. The van der Waals surface area contributed by atoms with Crippen LogP contribution in [-0.2, 0) is 21.3 Å². The Morgan fingerprint density at radius 3 is 2.86 bits per heavy atom. The van der Waals surface area contributed by atoms with Crippen LogP contribution in [0.1, 0.15) is 25.3 Å². The molecule has 3 N–H and O–H groups in total. The Morgan fingerprint density at radius 1 is 1.52 bits per heavy atom. The van der Waals surface area contributed by atoms with Gasteiger partial charge in [-0.2, -0.15) is 0 Å². The molecular weight excluding hydrogens is 292 g/mol. The first-order valence-electron chi connectivity index (χ1n) is 6.99. The molecule has 0 aromatic heterocycles. The molecule has 21 heavy (non-hydrogen) atoms. The Hall–Kier alpha value is -1.15. The Morgan fingerprint density at radius 2 is 2.29 bits per heavy atom. The van der Waals surface area contributed by atoms with Gasteiger partial charge in [-0.25, -0.2) is 13.1 Å². The molecule has 1 fully saturated rings. The lowest BCUT2D eigenvalue weighted by molar-refractivity contribution is 0.0902. The highest BCUT2D eigenvalue weighted by atomic mass is 32.2. The molecule has 2 rings (SSSR count). The van der Waals surface area contributed by atoms with Crippen molar-refractivity contribution in [3.8, 4) is 5.75 Å². The lowest BCUT2D eigenvalue weighted by Gasteiger charge is -2.20. The van der Waals surface area contributed by atoms with Gasteiger partial charge in [0.25, 0.3) is 0 Å². The maximum atomic E-state index is 12.5. The van der Waals surface area contributed by atoms with E-state index in [-0.39, 0.29) is 17.0 Å². The number of sulfonamides is 1. The number of rotatable bonds is 6. The Bertz CT molecular complexity index is 583. The number of hydrogen-bond acceptors (Lipinski definition) is 5. The minimum Gasteiger partial charge on any atom is -0.495 e. The van der Waals surface area contributed by atoms with E-state index in [1.165, 1.54) is 13.2 Å². The van der Waals surface area contributed by atoms with E-state index in [0.29, 0.717) is 18.9 Å². The van der Waals surface area contributed by atoms with Crippen molar-refractivity contribution in [1.29, 1.82) is 0 Å². The summed E-state index contributed by atoms with van der Waals surface area (Å²) in [4.78, 5) is 0.118. The first-order chi connectivity index (χ1) is 9.97. The van der Waals surface area contributed by atoms with E-state index in [2.05, 4.69) is 4.72 Å². The van der Waals surface area contributed by atoms with E-state index >= 15 is 0 Å². The molecule has 2 unspecified atom stereocenters. The Labute approximate surface area is 125 Å². The molecule has 0 spiro atoms. The molecule has 0 saturated carbocycles. The first kappa shape index (κ1) is 16.2. The van der Waals surface area contributed by atoms with Gasteiger partial charge in [0.2, 0.25) is 10.0 Å². The molecule has 1 saturated heterocycles. The molecule has 0 aliphatic carbocycles. The summed E-state index contributed by atoms with van der Waals surface area (Å²) in [7, 11) is -2.22. The quantitative estimate of drug-likeness (QED) is 0.817. The van der Waals surface area contributed by atoms with Crippen LogP contribution in [0.5, 0.6) is 5.75 Å². The zero-order valence-electron chi connectivity index (χ0n) is 12.3. The molecule has 7 heteroatoms. The average Bonchev–Trinajstić information content (AvgIpc) is 3.00. The van der Waals surface area contributed by atoms with Gasteiger partial charge in [-0.3, -0.25) is 0 Å². The third-order valence-electron chi connectivity index (χ3n) is 3.62. The number of nitrogens with one attached hydrogen (secondary N) is 1. The van der Waals surface area contributed by atoms with Crippen molar-refractivity contribution in [1.82, 2.24) is 4.72 Å². The standard InChI is InChI=1S/C14H22N2O4S/c1-10(12-4-3-7-20-12)16-21(17,18)14-6-5-11(9-15)8-13(14)19-2/h5-6,8,10,12,16H,3-4,7,9,15H2,1-2H3. The van der Waals surface area contributed by atoms with Crippen LogP contribution in [0.4, 0.5) is 0 Å². The lowest BCUT2D eigenvalue weighted by atomic mass is 10.1. The monoisotopic (exact) mass is 314 g/mol. The first-order valence-corrected chi connectivity index (χ1v) is 8.47. The average molecular weight is 314 g/mol. The van der Waals surface area contributed by atoms with Gasteiger partial charge in [0.15, 0.2) is 0 Å². The second-order valence-corrected chi connectivity index (χ2v) is 6.83. The molecule has 1 aromatic rings. The number of nitrogens with two attached hydrogens (primary N) is 1. The number of hydrogen-bond donors (Lipinski definition) is 2. The summed E-state index contributed by atoms with van der Waals surface area (Å²) in [6, 6.07) is 4.57. The number of ether oxygens (including phenoxy) is 2. The molecule has 0 amide bonds. The fourth-order valence-electron chi connectivity index (χ4n) is 2.44. The molecule has 0 bridgehead atoms. The van der Waals surface area contributed by atoms with Gasteiger partial charge < -0.3 is 15.2 Å². The van der Waals surface area contributed by atoms with E-state index in [4.69, 9.17) is 15.2 Å². The highest BCUT2D eigenvalue weighted by Gasteiger charge is 2.28. The summed E-state index contributed by atoms with van der Waals surface area (Å²) in [6.07, 6.45) is 1.76. The molecule has 1 aliphatic heterocycles. The summed E-state index contributed by atoms with van der Waals surface area (Å²) in [5.74, 6) is 0.296. The molecular formula is C14H22N2O4S. The SMILES string of the molecule is COc1cc(CN)ccc1S(=O)(=O)NC(C)C1CCCO1. The Balaban J connectivity index is 2.22. The normalized spacial score (nSPS) is 20.4. The van der Waals surface area contributed by atoms with E-state index in [1.807, 2.05) is 6.92 Å². The van der Waals surface area contributed by atoms with Crippen LogP contribution < -0.4 is 15.2 Å². The van der Waals surface area contributed by atoms with Gasteiger partial charge in [-0.05, 0) is 37.5 Å². The molecule has 2 atom stereocenters. The summed E-state index contributed by atoms with van der Waals surface area (Å²) in [6.45, 7) is 2.83. The van der Waals surface area contributed by atoms with Crippen LogP contribution in [0.2, 0.25) is 0 Å². The second kappa shape index (κ2) is 6.74. The topological polar surface area (TPSA) is 90.7 Å². The fourth-order valence-corrected chi connectivity index (χ4v) is 3.86. The van der Waals surface area contributed by atoms with Crippen molar-refractivity contribution in [2.45, 2.75) is 43.4 Å². The largest absolute Gasteiger partial charge is 0.495 e. The highest BCUT2D eigenvalue weighted by molar-refractivity contribution is 7.89. The molecule has 1 aromatic carbocycles. The molecule has 0 radical (unpaired) electrons. The Kier molecular flexibility index (Phi) is 5.21. The van der Waals surface area contributed by atoms with E-state index in [1.54, 1.807) is 12.1 Å². The fraction of sp³-hybridized carbons (Fsp3) is 0.571. The minimum absolute atomic E-state index is 0.0749.